The molecule has 1 aliphatic heterocycles. The number of halogens is 1. The number of aliphatic hydroxyl groups is 1. The van der Waals surface area contributed by atoms with Crippen molar-refractivity contribution in [2.24, 2.45) is 11.3 Å². The topological polar surface area (TPSA) is 52.6 Å². The van der Waals surface area contributed by atoms with Gasteiger partial charge in [-0.2, -0.15) is 0 Å². The summed E-state index contributed by atoms with van der Waals surface area (Å²) in [5.74, 6) is 0.197. The Bertz CT molecular complexity index is 958. The summed E-state index contributed by atoms with van der Waals surface area (Å²) in [6.45, 7) is 7.31. The highest BCUT2D eigenvalue weighted by atomic mass is 35.5. The highest BCUT2D eigenvalue weighted by Gasteiger charge is 2.50. The molecule has 1 amide bonds. The number of piperidine rings is 1. The van der Waals surface area contributed by atoms with Crippen molar-refractivity contribution in [3.05, 3.63) is 64.7 Å². The average Bonchev–Trinajstić information content (AvgIpc) is 2.76. The molecule has 2 fully saturated rings. The van der Waals surface area contributed by atoms with E-state index in [-0.39, 0.29) is 17.9 Å². The maximum absolute atomic E-state index is 13.7. The zero-order chi connectivity index (χ0) is 22.9. The molecule has 0 spiro atoms. The number of carbonyl (C=O) groups excluding carboxylic acids is 1. The molecule has 1 saturated carbocycles. The minimum atomic E-state index is -0.986. The van der Waals surface area contributed by atoms with Gasteiger partial charge >= 0.3 is 0 Å². The average molecular weight is 455 g/mol. The van der Waals surface area contributed by atoms with Crippen molar-refractivity contribution in [2.75, 3.05) is 18.4 Å². The lowest BCUT2D eigenvalue weighted by atomic mass is 9.66. The Labute approximate surface area is 197 Å². The van der Waals surface area contributed by atoms with Crippen LogP contribution in [-0.4, -0.2) is 35.0 Å². The van der Waals surface area contributed by atoms with Crippen LogP contribution in [0.5, 0.6) is 0 Å². The molecule has 4 rings (SSSR count). The van der Waals surface area contributed by atoms with Gasteiger partial charge < -0.3 is 15.3 Å². The van der Waals surface area contributed by atoms with Crippen LogP contribution in [0.25, 0.3) is 0 Å². The number of amides is 1. The molecule has 3 atom stereocenters. The maximum Gasteiger partial charge on any atom is 0.227 e. The fourth-order valence-electron chi connectivity index (χ4n) is 5.55. The summed E-state index contributed by atoms with van der Waals surface area (Å²) in [5, 5.41) is 16.0. The van der Waals surface area contributed by atoms with E-state index in [0.29, 0.717) is 24.5 Å². The fourth-order valence-corrected chi connectivity index (χ4v) is 5.68. The van der Waals surface area contributed by atoms with Crippen LogP contribution < -0.4 is 5.32 Å². The van der Waals surface area contributed by atoms with Crippen LogP contribution >= 0.6 is 11.6 Å². The first-order valence-corrected chi connectivity index (χ1v) is 12.2. The highest BCUT2D eigenvalue weighted by Crippen LogP contribution is 2.46. The predicted molar refractivity (Wildman–Crippen MR) is 131 cm³/mol. The molecular weight excluding hydrogens is 420 g/mol. The standard InChI is InChI=1S/C27H35ClN2O2/c1-19-7-6-8-22(17-19)29-24-10-5-4-9-23(24)25(31)30-16-15-27(32,26(2,3)18-30)20-11-13-21(28)14-12-20/h6-8,11-14,17,23-24,29,32H,4-5,9-10,15-16,18H2,1-3H3/t23-,24+,27?/m0/s1. The molecule has 2 aromatic rings. The molecule has 4 nitrogen and oxygen atoms in total. The Kier molecular flexibility index (Phi) is 6.56. The van der Waals surface area contributed by atoms with Gasteiger partial charge in [0.1, 0.15) is 0 Å². The number of aryl methyl sites for hydroxylation is 1. The van der Waals surface area contributed by atoms with E-state index in [1.54, 1.807) is 0 Å². The van der Waals surface area contributed by atoms with Crippen molar-refractivity contribution in [2.45, 2.75) is 64.5 Å². The van der Waals surface area contributed by atoms with Gasteiger partial charge in [-0.15, -0.1) is 0 Å². The largest absolute Gasteiger partial charge is 0.384 e. The summed E-state index contributed by atoms with van der Waals surface area (Å²) in [6.07, 6.45) is 4.69. The molecule has 5 heteroatoms. The molecule has 2 aliphatic rings. The second-order valence-corrected chi connectivity index (χ2v) is 10.7. The normalized spacial score (nSPS) is 27.7. The van der Waals surface area contributed by atoms with E-state index >= 15 is 0 Å². The monoisotopic (exact) mass is 454 g/mol. The van der Waals surface area contributed by atoms with Crippen molar-refractivity contribution >= 4 is 23.2 Å². The van der Waals surface area contributed by atoms with Gasteiger partial charge in [-0.3, -0.25) is 4.79 Å². The van der Waals surface area contributed by atoms with Crippen molar-refractivity contribution < 1.29 is 9.90 Å². The lowest BCUT2D eigenvalue weighted by Gasteiger charge is -2.51. The van der Waals surface area contributed by atoms with Crippen molar-refractivity contribution in [1.82, 2.24) is 4.90 Å². The minimum absolute atomic E-state index is 0.0261. The zero-order valence-corrected chi connectivity index (χ0v) is 20.2. The van der Waals surface area contributed by atoms with Gasteiger partial charge in [-0.25, -0.2) is 0 Å². The molecule has 1 heterocycles. The van der Waals surface area contributed by atoms with Crippen molar-refractivity contribution in [1.29, 1.82) is 0 Å². The summed E-state index contributed by atoms with van der Waals surface area (Å²) in [5.41, 5.74) is 1.72. The Balaban J connectivity index is 1.49. The third-order valence-corrected chi connectivity index (χ3v) is 7.79. The highest BCUT2D eigenvalue weighted by molar-refractivity contribution is 6.30. The van der Waals surface area contributed by atoms with E-state index in [2.05, 4.69) is 50.4 Å². The number of rotatable bonds is 4. The molecule has 0 bridgehead atoms. The first-order chi connectivity index (χ1) is 15.2. The molecular formula is C27H35ClN2O2. The lowest BCUT2D eigenvalue weighted by Crippen LogP contribution is -2.58. The molecule has 1 saturated heterocycles. The second kappa shape index (κ2) is 9.07. The number of likely N-dealkylation sites (tertiary alicyclic amines) is 1. The van der Waals surface area contributed by atoms with E-state index in [0.717, 1.165) is 36.9 Å². The van der Waals surface area contributed by atoms with E-state index in [1.807, 2.05) is 29.2 Å². The Hall–Kier alpha value is -2.04. The van der Waals surface area contributed by atoms with E-state index < -0.39 is 11.0 Å². The van der Waals surface area contributed by atoms with Crippen LogP contribution in [0.3, 0.4) is 0 Å². The van der Waals surface area contributed by atoms with Crippen LogP contribution in [-0.2, 0) is 10.4 Å². The zero-order valence-electron chi connectivity index (χ0n) is 19.4. The summed E-state index contributed by atoms with van der Waals surface area (Å²) >= 11 is 6.06. The van der Waals surface area contributed by atoms with Gasteiger partial charge in [0.2, 0.25) is 5.91 Å². The van der Waals surface area contributed by atoms with Crippen LogP contribution in [0.1, 0.15) is 57.1 Å². The quantitative estimate of drug-likeness (QED) is 0.617. The summed E-state index contributed by atoms with van der Waals surface area (Å²) in [4.78, 5) is 15.7. The van der Waals surface area contributed by atoms with Gasteiger partial charge in [0.15, 0.2) is 0 Å². The van der Waals surface area contributed by atoms with Crippen LogP contribution in [0.2, 0.25) is 5.02 Å². The number of hydrogen-bond donors (Lipinski definition) is 2. The lowest BCUT2D eigenvalue weighted by molar-refractivity contribution is -0.157. The number of nitrogens with one attached hydrogen (secondary N) is 1. The molecule has 1 aliphatic carbocycles. The van der Waals surface area contributed by atoms with Crippen LogP contribution in [0, 0.1) is 18.3 Å². The van der Waals surface area contributed by atoms with Crippen molar-refractivity contribution in [3.8, 4) is 0 Å². The number of nitrogens with zero attached hydrogens (tertiary/aromatic N) is 1. The number of carbonyl (C=O) groups is 1. The van der Waals surface area contributed by atoms with Crippen LogP contribution in [0.15, 0.2) is 48.5 Å². The molecule has 0 radical (unpaired) electrons. The summed E-state index contributed by atoms with van der Waals surface area (Å²) in [7, 11) is 0. The molecule has 2 aromatic carbocycles. The van der Waals surface area contributed by atoms with E-state index in [4.69, 9.17) is 11.6 Å². The Morgan fingerprint density at radius 1 is 1.12 bits per heavy atom. The molecule has 1 unspecified atom stereocenters. The van der Waals surface area contributed by atoms with E-state index in [9.17, 15) is 9.90 Å². The first-order valence-electron chi connectivity index (χ1n) is 11.8. The van der Waals surface area contributed by atoms with Gasteiger partial charge in [-0.1, -0.05) is 62.6 Å². The third kappa shape index (κ3) is 4.53. The van der Waals surface area contributed by atoms with Gasteiger partial charge in [-0.05, 0) is 61.6 Å². The molecule has 32 heavy (non-hydrogen) atoms. The maximum atomic E-state index is 13.7. The molecule has 0 aromatic heterocycles. The van der Waals surface area contributed by atoms with Crippen LogP contribution in [0.4, 0.5) is 5.69 Å². The van der Waals surface area contributed by atoms with Crippen molar-refractivity contribution in [3.63, 3.8) is 0 Å². The Morgan fingerprint density at radius 2 is 1.84 bits per heavy atom. The summed E-state index contributed by atoms with van der Waals surface area (Å²) < 4.78 is 0. The number of benzene rings is 2. The Morgan fingerprint density at radius 3 is 2.53 bits per heavy atom. The van der Waals surface area contributed by atoms with Gasteiger partial charge in [0.25, 0.3) is 0 Å². The smallest absolute Gasteiger partial charge is 0.227 e. The third-order valence-electron chi connectivity index (χ3n) is 7.54. The van der Waals surface area contributed by atoms with E-state index in [1.165, 1.54) is 5.56 Å². The summed E-state index contributed by atoms with van der Waals surface area (Å²) in [6, 6.07) is 16.0. The fraction of sp³-hybridized carbons (Fsp3) is 0.519. The number of anilines is 1. The van der Waals surface area contributed by atoms with Gasteiger partial charge in [0.05, 0.1) is 11.5 Å². The number of hydrogen-bond acceptors (Lipinski definition) is 3. The SMILES string of the molecule is Cc1cccc(N[C@@H]2CCCC[C@@H]2C(=O)N2CCC(O)(c3ccc(Cl)cc3)C(C)(C)C2)c1. The molecule has 172 valence electrons. The molecule has 2 N–H and O–H groups in total. The first kappa shape index (κ1) is 23.1. The second-order valence-electron chi connectivity index (χ2n) is 10.3. The minimum Gasteiger partial charge on any atom is -0.384 e. The van der Waals surface area contributed by atoms with Gasteiger partial charge in [0, 0.05) is 35.3 Å². The predicted octanol–water partition coefficient (Wildman–Crippen LogP) is 5.77.